The number of aryl methyl sites for hydroxylation is 1. The highest BCUT2D eigenvalue weighted by Crippen LogP contribution is 2.28. The first-order chi connectivity index (χ1) is 10.8. The number of oxime groups is 1. The van der Waals surface area contributed by atoms with Gasteiger partial charge in [0.05, 0.1) is 11.8 Å². The average Bonchev–Trinajstić information content (AvgIpc) is 3.18. The summed E-state index contributed by atoms with van der Waals surface area (Å²) in [5, 5.41) is 4.53. The van der Waals surface area contributed by atoms with Crippen molar-refractivity contribution in [3.8, 4) is 10.9 Å². The molecule has 0 saturated heterocycles. The van der Waals surface area contributed by atoms with Crippen molar-refractivity contribution in [2.24, 2.45) is 5.16 Å². The van der Waals surface area contributed by atoms with Gasteiger partial charge in [-0.3, -0.25) is 0 Å². The highest BCUT2D eigenvalue weighted by atomic mass is 32.1. The van der Waals surface area contributed by atoms with Crippen molar-refractivity contribution < 1.29 is 14.0 Å². The summed E-state index contributed by atoms with van der Waals surface area (Å²) in [5.74, 6) is 1.87. The Morgan fingerprint density at radius 3 is 2.77 bits per heavy atom. The lowest BCUT2D eigenvalue weighted by Gasteiger charge is -2.09. The van der Waals surface area contributed by atoms with Crippen LogP contribution in [0, 0.1) is 6.92 Å². The van der Waals surface area contributed by atoms with Crippen LogP contribution in [0.4, 0.5) is 0 Å². The van der Waals surface area contributed by atoms with Crippen molar-refractivity contribution in [1.29, 1.82) is 0 Å². The Morgan fingerprint density at radius 1 is 1.23 bits per heavy atom. The molecule has 22 heavy (non-hydrogen) atoms. The summed E-state index contributed by atoms with van der Waals surface area (Å²) >= 11 is 1.20. The third-order valence-electron chi connectivity index (χ3n) is 2.79. The SMILES string of the molecule is CO/N=C(/c1ccco1)c1ccccc1Oc1nc(C)ns1. The van der Waals surface area contributed by atoms with Gasteiger partial charge < -0.3 is 14.0 Å². The number of furan rings is 1. The maximum absolute atomic E-state index is 5.82. The Morgan fingerprint density at radius 2 is 2.09 bits per heavy atom. The van der Waals surface area contributed by atoms with E-state index in [-0.39, 0.29) is 0 Å². The van der Waals surface area contributed by atoms with Crippen LogP contribution in [0.15, 0.2) is 52.2 Å². The molecule has 3 aromatic rings. The van der Waals surface area contributed by atoms with Crippen LogP contribution in [0.1, 0.15) is 17.1 Å². The van der Waals surface area contributed by atoms with Gasteiger partial charge in [0, 0.05) is 11.5 Å². The fraction of sp³-hybridized carbons (Fsp3) is 0.133. The van der Waals surface area contributed by atoms with Crippen LogP contribution in [0.5, 0.6) is 10.9 Å². The predicted molar refractivity (Wildman–Crippen MR) is 82.5 cm³/mol. The Bertz CT molecular complexity index is 781. The molecular weight excluding hydrogens is 302 g/mol. The van der Waals surface area contributed by atoms with Crippen molar-refractivity contribution in [3.63, 3.8) is 0 Å². The van der Waals surface area contributed by atoms with Crippen molar-refractivity contribution in [3.05, 3.63) is 59.8 Å². The number of hydrogen-bond donors (Lipinski definition) is 0. The van der Waals surface area contributed by atoms with E-state index in [1.165, 1.54) is 18.6 Å². The summed E-state index contributed by atoms with van der Waals surface area (Å²) in [6.45, 7) is 1.82. The van der Waals surface area contributed by atoms with E-state index in [0.717, 1.165) is 5.56 Å². The minimum absolute atomic E-state index is 0.473. The molecule has 0 aliphatic rings. The zero-order chi connectivity index (χ0) is 15.4. The van der Waals surface area contributed by atoms with Crippen LogP contribution in [-0.4, -0.2) is 22.2 Å². The molecule has 6 nitrogen and oxygen atoms in total. The summed E-state index contributed by atoms with van der Waals surface area (Å²) in [4.78, 5) is 9.14. The van der Waals surface area contributed by atoms with Gasteiger partial charge in [-0.1, -0.05) is 17.3 Å². The second kappa shape index (κ2) is 6.40. The monoisotopic (exact) mass is 315 g/mol. The molecule has 3 rings (SSSR count). The molecule has 2 heterocycles. The maximum atomic E-state index is 5.82. The first-order valence-corrected chi connectivity index (χ1v) is 7.28. The van der Waals surface area contributed by atoms with E-state index in [0.29, 0.717) is 28.2 Å². The molecule has 0 N–H and O–H groups in total. The number of benzene rings is 1. The van der Waals surface area contributed by atoms with Crippen LogP contribution in [0.25, 0.3) is 0 Å². The zero-order valence-electron chi connectivity index (χ0n) is 12.0. The molecule has 0 radical (unpaired) electrons. The van der Waals surface area contributed by atoms with Crippen LogP contribution in [0.2, 0.25) is 0 Å². The largest absolute Gasteiger partial charge is 0.463 e. The smallest absolute Gasteiger partial charge is 0.298 e. The summed E-state index contributed by atoms with van der Waals surface area (Å²) in [7, 11) is 1.49. The molecule has 0 fully saturated rings. The van der Waals surface area contributed by atoms with Gasteiger partial charge in [0.1, 0.15) is 18.7 Å². The summed E-state index contributed by atoms with van der Waals surface area (Å²) in [6, 6.07) is 11.1. The van der Waals surface area contributed by atoms with E-state index in [1.807, 2.05) is 37.3 Å². The number of hydrogen-bond acceptors (Lipinski definition) is 7. The second-order valence-corrected chi connectivity index (χ2v) is 5.02. The number of ether oxygens (including phenoxy) is 1. The normalized spacial score (nSPS) is 11.5. The Hall–Kier alpha value is -2.67. The van der Waals surface area contributed by atoms with Gasteiger partial charge in [-0.15, -0.1) is 0 Å². The van der Waals surface area contributed by atoms with Gasteiger partial charge in [0.2, 0.25) is 0 Å². The minimum atomic E-state index is 0.473. The van der Waals surface area contributed by atoms with E-state index >= 15 is 0 Å². The van der Waals surface area contributed by atoms with Crippen LogP contribution in [0.3, 0.4) is 0 Å². The summed E-state index contributed by atoms with van der Waals surface area (Å²) in [5.41, 5.74) is 1.29. The molecule has 0 saturated carbocycles. The minimum Gasteiger partial charge on any atom is -0.463 e. The molecule has 0 spiro atoms. The topological polar surface area (TPSA) is 69.7 Å². The molecule has 0 aliphatic heterocycles. The van der Waals surface area contributed by atoms with E-state index in [4.69, 9.17) is 14.0 Å². The van der Waals surface area contributed by atoms with Gasteiger partial charge in [-0.25, -0.2) is 0 Å². The number of para-hydroxylation sites is 1. The van der Waals surface area contributed by atoms with E-state index in [1.54, 1.807) is 12.3 Å². The second-order valence-electron chi connectivity index (χ2n) is 4.31. The molecule has 1 aromatic carbocycles. The number of nitrogens with zero attached hydrogens (tertiary/aromatic N) is 3. The van der Waals surface area contributed by atoms with Crippen molar-refractivity contribution in [1.82, 2.24) is 9.36 Å². The molecule has 0 atom stereocenters. The zero-order valence-corrected chi connectivity index (χ0v) is 12.8. The number of rotatable bonds is 5. The van der Waals surface area contributed by atoms with Crippen molar-refractivity contribution >= 4 is 17.2 Å². The molecule has 0 unspecified atom stereocenters. The quantitative estimate of drug-likeness (QED) is 0.531. The molecule has 7 heteroatoms. The van der Waals surface area contributed by atoms with Crippen molar-refractivity contribution in [2.45, 2.75) is 6.92 Å². The Labute approximate surface area is 131 Å². The molecule has 0 aliphatic carbocycles. The van der Waals surface area contributed by atoms with Gasteiger partial charge in [0.15, 0.2) is 11.5 Å². The Balaban J connectivity index is 2.01. The van der Waals surface area contributed by atoms with Gasteiger partial charge in [0.25, 0.3) is 5.19 Å². The van der Waals surface area contributed by atoms with Crippen LogP contribution in [-0.2, 0) is 4.84 Å². The summed E-state index contributed by atoms with van der Waals surface area (Å²) in [6.07, 6.45) is 1.58. The van der Waals surface area contributed by atoms with Crippen LogP contribution < -0.4 is 4.74 Å². The highest BCUT2D eigenvalue weighted by molar-refractivity contribution is 7.07. The fourth-order valence-electron chi connectivity index (χ4n) is 1.90. The molecule has 112 valence electrons. The highest BCUT2D eigenvalue weighted by Gasteiger charge is 2.17. The maximum Gasteiger partial charge on any atom is 0.298 e. The third-order valence-corrected chi connectivity index (χ3v) is 3.47. The first-order valence-electron chi connectivity index (χ1n) is 6.50. The lowest BCUT2D eigenvalue weighted by molar-refractivity contribution is 0.213. The number of aromatic nitrogens is 2. The Kier molecular flexibility index (Phi) is 4.15. The average molecular weight is 315 g/mol. The predicted octanol–water partition coefficient (Wildman–Crippen LogP) is 3.63. The van der Waals surface area contributed by atoms with Gasteiger partial charge >= 0.3 is 0 Å². The first kappa shape index (κ1) is 14.3. The lowest BCUT2D eigenvalue weighted by atomic mass is 10.1. The van der Waals surface area contributed by atoms with Gasteiger partial charge in [-0.05, 0) is 31.2 Å². The third kappa shape index (κ3) is 2.99. The fourth-order valence-corrected chi connectivity index (χ4v) is 2.45. The van der Waals surface area contributed by atoms with Crippen LogP contribution >= 0.6 is 11.5 Å². The standard InChI is InChI=1S/C15H13N3O3S/c1-10-16-15(22-18-10)21-12-7-4-3-6-11(12)14(17-19-2)13-8-5-9-20-13/h3-9H,1-2H3/b17-14+. The molecular formula is C15H13N3O3S. The molecule has 2 aromatic heterocycles. The van der Waals surface area contributed by atoms with E-state index in [2.05, 4.69) is 14.5 Å². The molecule has 0 amide bonds. The van der Waals surface area contributed by atoms with E-state index < -0.39 is 0 Å². The van der Waals surface area contributed by atoms with Crippen molar-refractivity contribution in [2.75, 3.05) is 7.11 Å². The van der Waals surface area contributed by atoms with Gasteiger partial charge in [-0.2, -0.15) is 9.36 Å². The van der Waals surface area contributed by atoms with E-state index in [9.17, 15) is 0 Å². The lowest BCUT2D eigenvalue weighted by Crippen LogP contribution is -2.05. The summed E-state index contributed by atoms with van der Waals surface area (Å²) < 4.78 is 15.3. The molecule has 0 bridgehead atoms.